The summed E-state index contributed by atoms with van der Waals surface area (Å²) in [6.07, 6.45) is -0.289. The number of carbonyl (C=O) groups excluding carboxylic acids is 4. The molecule has 1 saturated heterocycles. The quantitative estimate of drug-likeness (QED) is 0.325. The van der Waals surface area contributed by atoms with Gasteiger partial charge in [-0.15, -0.1) is 5.06 Å². The highest BCUT2D eigenvalue weighted by molar-refractivity contribution is 6.03. The number of hydrogen-bond donors (Lipinski definition) is 0. The number of amides is 2. The summed E-state index contributed by atoms with van der Waals surface area (Å²) in [4.78, 5) is 63.0. The summed E-state index contributed by atoms with van der Waals surface area (Å²) in [5, 5.41) is 9.28. The molecule has 0 bridgehead atoms. The third-order valence-electron chi connectivity index (χ3n) is 3.69. The Morgan fingerprint density at radius 3 is 2.43 bits per heavy atom. The number of hydroxylamine groups is 2. The summed E-state index contributed by atoms with van der Waals surface area (Å²) in [6, 6.07) is 3.22. The van der Waals surface area contributed by atoms with Gasteiger partial charge in [0.25, 0.3) is 11.8 Å². The average Bonchev–Trinajstić information content (AvgIpc) is 2.94. The van der Waals surface area contributed by atoms with Gasteiger partial charge >= 0.3 is 17.6 Å². The molecule has 0 saturated carbocycles. The summed E-state index contributed by atoms with van der Waals surface area (Å²) in [6.45, 7) is 0.987. The van der Waals surface area contributed by atoms with Gasteiger partial charge in [-0.3, -0.25) is 14.4 Å². The number of carbonyl (C=O) groups is 4. The minimum Gasteiger partial charge on any atom is -0.422 e. The van der Waals surface area contributed by atoms with Gasteiger partial charge in [0.05, 0.1) is 0 Å². The van der Waals surface area contributed by atoms with E-state index in [2.05, 4.69) is 9.57 Å². The highest BCUT2D eigenvalue weighted by atomic mass is 19.1. The molecule has 2 aromatic rings. The summed E-state index contributed by atoms with van der Waals surface area (Å²) in [7, 11) is 0. The Morgan fingerprint density at radius 1 is 1.21 bits per heavy atom. The molecule has 28 heavy (non-hydrogen) atoms. The van der Waals surface area contributed by atoms with Crippen LogP contribution in [0.15, 0.2) is 21.3 Å². The van der Waals surface area contributed by atoms with E-state index in [9.17, 15) is 33.6 Å². The zero-order valence-electron chi connectivity index (χ0n) is 14.1. The van der Waals surface area contributed by atoms with E-state index >= 15 is 0 Å². The largest absolute Gasteiger partial charge is 0.422 e. The third kappa shape index (κ3) is 3.18. The van der Waals surface area contributed by atoms with Crippen LogP contribution in [0.2, 0.25) is 0 Å². The van der Waals surface area contributed by atoms with Gasteiger partial charge in [0.15, 0.2) is 17.1 Å². The number of esters is 1. The molecule has 2 amide bonds. The first-order chi connectivity index (χ1) is 13.2. The molecule has 3 rings (SSSR count). The Balaban J connectivity index is 2.08. The predicted molar refractivity (Wildman–Crippen MR) is 85.0 cm³/mol. The lowest BCUT2D eigenvalue weighted by atomic mass is 10.1. The average molecular weight is 388 g/mol. The molecule has 1 aliphatic rings. The first kappa shape index (κ1) is 18.7. The number of halogens is 1. The highest BCUT2D eigenvalue weighted by Gasteiger charge is 2.34. The number of imide groups is 1. The maximum absolute atomic E-state index is 14.2. The SMILES string of the molecule is CC(=O)Oc1c(F)cc2cc(C(=O)ON3C(=O)CCC3=O)c(=O)oc2c1C#N. The summed E-state index contributed by atoms with van der Waals surface area (Å²) in [5.74, 6) is -5.63. The fourth-order valence-electron chi connectivity index (χ4n) is 2.49. The zero-order chi connectivity index (χ0) is 20.6. The highest BCUT2D eigenvalue weighted by Crippen LogP contribution is 2.31. The van der Waals surface area contributed by atoms with Crippen LogP contribution in [0.1, 0.15) is 35.7 Å². The van der Waals surface area contributed by atoms with Crippen LogP contribution in [0.5, 0.6) is 5.75 Å². The standard InChI is InChI=1S/C17H9FN2O8/c1-7(21)26-15-10(6-19)14-8(5-11(15)18)4-9(16(24)27-14)17(25)28-20-12(22)2-3-13(20)23/h4-5H,2-3H2,1H3. The number of nitrogens with zero attached hydrogens (tertiary/aromatic N) is 2. The zero-order valence-corrected chi connectivity index (χ0v) is 14.1. The first-order valence-corrected chi connectivity index (χ1v) is 7.70. The van der Waals surface area contributed by atoms with E-state index in [1.54, 1.807) is 6.07 Å². The Kier molecular flexibility index (Phi) is 4.62. The van der Waals surface area contributed by atoms with Crippen molar-refractivity contribution in [3.05, 3.63) is 39.5 Å². The van der Waals surface area contributed by atoms with Gasteiger partial charge in [-0.2, -0.15) is 5.26 Å². The van der Waals surface area contributed by atoms with Gasteiger partial charge in [0.2, 0.25) is 0 Å². The second-order valence-electron chi connectivity index (χ2n) is 5.59. The summed E-state index contributed by atoms with van der Waals surface area (Å²) >= 11 is 0. The van der Waals surface area contributed by atoms with E-state index in [1.807, 2.05) is 0 Å². The summed E-state index contributed by atoms with van der Waals surface area (Å²) in [5.41, 5.74) is -2.99. The number of fused-ring (bicyclic) bond motifs is 1. The fraction of sp³-hybridized carbons (Fsp3) is 0.176. The molecule has 1 aromatic heterocycles. The lowest BCUT2D eigenvalue weighted by Gasteiger charge is -2.12. The van der Waals surface area contributed by atoms with Crippen LogP contribution in [0.25, 0.3) is 11.0 Å². The van der Waals surface area contributed by atoms with Gasteiger partial charge in [-0.1, -0.05) is 0 Å². The van der Waals surface area contributed by atoms with Crippen LogP contribution in [0.3, 0.4) is 0 Å². The number of rotatable bonds is 3. The molecule has 1 aliphatic heterocycles. The molecular formula is C17H9FN2O8. The second kappa shape index (κ2) is 6.92. The van der Waals surface area contributed by atoms with Crippen molar-refractivity contribution in [2.24, 2.45) is 0 Å². The van der Waals surface area contributed by atoms with Crippen LogP contribution in [-0.2, 0) is 19.2 Å². The molecule has 2 heterocycles. The Hall–Kier alpha value is -4.07. The molecule has 11 heteroatoms. The molecule has 0 radical (unpaired) electrons. The van der Waals surface area contributed by atoms with Gasteiger partial charge in [-0.05, 0) is 12.1 Å². The van der Waals surface area contributed by atoms with Crippen molar-refractivity contribution in [3.8, 4) is 11.8 Å². The van der Waals surface area contributed by atoms with Crippen LogP contribution < -0.4 is 10.4 Å². The molecule has 0 atom stereocenters. The number of benzene rings is 1. The van der Waals surface area contributed by atoms with Crippen LogP contribution in [0, 0.1) is 17.1 Å². The topological polar surface area (TPSA) is 144 Å². The summed E-state index contributed by atoms with van der Waals surface area (Å²) < 4.78 is 23.8. The van der Waals surface area contributed by atoms with E-state index < -0.39 is 57.7 Å². The van der Waals surface area contributed by atoms with Crippen LogP contribution in [0.4, 0.5) is 4.39 Å². The lowest BCUT2D eigenvalue weighted by molar-refractivity contribution is -0.172. The van der Waals surface area contributed by atoms with Crippen molar-refractivity contribution < 1.29 is 37.6 Å². The molecule has 0 spiro atoms. The normalized spacial score (nSPS) is 13.5. The van der Waals surface area contributed by atoms with Crippen molar-refractivity contribution in [1.82, 2.24) is 5.06 Å². The molecule has 0 N–H and O–H groups in total. The second-order valence-corrected chi connectivity index (χ2v) is 5.59. The minimum absolute atomic E-state index is 0.145. The van der Waals surface area contributed by atoms with Gasteiger partial charge in [0, 0.05) is 25.2 Å². The molecular weight excluding hydrogens is 379 g/mol. The number of nitriles is 1. The fourth-order valence-corrected chi connectivity index (χ4v) is 2.49. The van der Waals surface area contributed by atoms with Gasteiger partial charge in [-0.25, -0.2) is 14.0 Å². The maximum atomic E-state index is 14.2. The van der Waals surface area contributed by atoms with E-state index in [4.69, 9.17) is 4.42 Å². The molecule has 1 fully saturated rings. The monoisotopic (exact) mass is 388 g/mol. The lowest BCUT2D eigenvalue weighted by Crippen LogP contribution is -2.33. The molecule has 10 nitrogen and oxygen atoms in total. The van der Waals surface area contributed by atoms with E-state index in [-0.39, 0.29) is 23.3 Å². The van der Waals surface area contributed by atoms with E-state index in [1.165, 1.54) is 0 Å². The Morgan fingerprint density at radius 2 is 1.86 bits per heavy atom. The van der Waals surface area contributed by atoms with Crippen molar-refractivity contribution >= 4 is 34.7 Å². The Labute approximate surface area is 154 Å². The van der Waals surface area contributed by atoms with Crippen molar-refractivity contribution in [3.63, 3.8) is 0 Å². The van der Waals surface area contributed by atoms with Gasteiger partial charge in [0.1, 0.15) is 17.2 Å². The van der Waals surface area contributed by atoms with Crippen molar-refractivity contribution in [2.45, 2.75) is 19.8 Å². The van der Waals surface area contributed by atoms with Gasteiger partial charge < -0.3 is 14.0 Å². The van der Waals surface area contributed by atoms with E-state index in [0.29, 0.717) is 0 Å². The van der Waals surface area contributed by atoms with Crippen LogP contribution >= 0.6 is 0 Å². The van der Waals surface area contributed by atoms with E-state index in [0.717, 1.165) is 19.1 Å². The Bertz CT molecular complexity index is 1140. The minimum atomic E-state index is -1.37. The van der Waals surface area contributed by atoms with Crippen LogP contribution in [-0.4, -0.2) is 28.8 Å². The molecule has 1 aromatic carbocycles. The maximum Gasteiger partial charge on any atom is 0.371 e. The molecule has 142 valence electrons. The predicted octanol–water partition coefficient (Wildman–Crippen LogP) is 0.950. The first-order valence-electron chi connectivity index (χ1n) is 7.70. The smallest absolute Gasteiger partial charge is 0.371 e. The van der Waals surface area contributed by atoms with Crippen molar-refractivity contribution in [2.75, 3.05) is 0 Å². The third-order valence-corrected chi connectivity index (χ3v) is 3.69. The number of hydrogen-bond acceptors (Lipinski definition) is 9. The number of ether oxygens (including phenoxy) is 1. The molecule has 0 aliphatic carbocycles. The van der Waals surface area contributed by atoms with Crippen molar-refractivity contribution in [1.29, 1.82) is 5.26 Å². The molecule has 0 unspecified atom stereocenters.